The Kier molecular flexibility index (Phi) is 79.5. The van der Waals surface area contributed by atoms with Gasteiger partial charge in [0.1, 0.15) is 19.8 Å². The van der Waals surface area contributed by atoms with Crippen molar-refractivity contribution in [2.24, 2.45) is 0 Å². The summed E-state index contributed by atoms with van der Waals surface area (Å²) in [7, 11) is 1.49. The number of ether oxygens (including phenoxy) is 2. The molecule has 0 bridgehead atoms. The number of rotatable bonds is 82. The zero-order valence-electron chi connectivity index (χ0n) is 68.1. The number of esters is 2. The summed E-state index contributed by atoms with van der Waals surface area (Å²) in [5.41, 5.74) is 0. The van der Waals surface area contributed by atoms with Gasteiger partial charge in [-0.15, -0.1) is 0 Å². The van der Waals surface area contributed by atoms with E-state index in [1.165, 1.54) is 302 Å². The number of hydrogen-bond donors (Lipinski definition) is 1. The molecule has 2 atom stereocenters. The first-order valence-corrected chi connectivity index (χ1v) is 45.5. The lowest BCUT2D eigenvalue weighted by molar-refractivity contribution is -0.870. The van der Waals surface area contributed by atoms with Crippen LogP contribution in [-0.4, -0.2) is 74.9 Å². The summed E-state index contributed by atoms with van der Waals surface area (Å²) in [6.07, 6.45) is 116. The first kappa shape index (κ1) is 98.9. The van der Waals surface area contributed by atoms with E-state index in [-0.39, 0.29) is 25.6 Å². The molecular weight excluding hydrogens is 1280 g/mol. The van der Waals surface area contributed by atoms with Gasteiger partial charge < -0.3 is 18.9 Å². The van der Waals surface area contributed by atoms with Crippen molar-refractivity contribution in [2.75, 3.05) is 47.5 Å². The first-order chi connectivity index (χ1) is 50.0. The maximum Gasteiger partial charge on any atom is 0.472 e. The third-order valence-electron chi connectivity index (χ3n) is 19.6. The SMILES string of the molecule is CC/C=C\C/C=C\C/C=C\C/C=C\C/C=C\C/C=C\C/C=C\C/C=C\CCCCCCCCCCCCCCCCC(=O)OC(COC(=O)CCCCCCCCCCCCCCCCCCCCCCCCCCCCCCCCCCCCCCCCC)COP(=O)(O)OCC[N+](C)(C)C. The van der Waals surface area contributed by atoms with Crippen molar-refractivity contribution in [1.82, 2.24) is 0 Å². The second kappa shape index (κ2) is 82.0. The second-order valence-corrected chi connectivity index (χ2v) is 32.4. The van der Waals surface area contributed by atoms with E-state index < -0.39 is 26.5 Å². The topological polar surface area (TPSA) is 108 Å². The summed E-state index contributed by atoms with van der Waals surface area (Å²) >= 11 is 0. The van der Waals surface area contributed by atoms with E-state index in [1.807, 2.05) is 21.1 Å². The number of phosphoric acid groups is 1. The highest BCUT2D eigenvalue weighted by Gasteiger charge is 2.27. The number of phosphoric ester groups is 1. The number of unbranched alkanes of at least 4 members (excludes halogenated alkanes) is 52. The number of hydrogen-bond acceptors (Lipinski definition) is 7. The van der Waals surface area contributed by atoms with Gasteiger partial charge in [-0.2, -0.15) is 0 Å². The average Bonchev–Trinajstić information content (AvgIpc) is 0.914. The molecule has 0 heterocycles. The summed E-state index contributed by atoms with van der Waals surface area (Å²) in [5, 5.41) is 0. The van der Waals surface area contributed by atoms with Crippen LogP contribution in [0.15, 0.2) is 97.2 Å². The monoisotopic (exact) mass is 1450 g/mol. The van der Waals surface area contributed by atoms with Crippen molar-refractivity contribution in [3.8, 4) is 0 Å². The maximum absolute atomic E-state index is 12.9. The van der Waals surface area contributed by atoms with Crippen LogP contribution < -0.4 is 0 Å². The molecule has 0 radical (unpaired) electrons. The van der Waals surface area contributed by atoms with Gasteiger partial charge in [-0.3, -0.25) is 18.6 Å². The lowest BCUT2D eigenvalue weighted by Gasteiger charge is -2.24. The third-order valence-corrected chi connectivity index (χ3v) is 20.6. The summed E-state index contributed by atoms with van der Waals surface area (Å²) in [6.45, 7) is 4.38. The molecule has 0 aliphatic heterocycles. The van der Waals surface area contributed by atoms with Crippen molar-refractivity contribution >= 4 is 19.8 Å². The molecule has 0 fully saturated rings. The molecule has 0 amide bonds. The molecule has 0 aliphatic rings. The molecule has 0 spiro atoms. The standard InChI is InChI=1S/C92H168NO8P/c1-6-8-10-12-14-16-18-20-22-24-26-28-30-32-34-36-38-40-42-44-46-48-50-52-54-56-58-60-62-64-66-68-70-72-74-76-78-80-82-84-91(94)98-88-90(89-100-102(96,97)99-87-86-93(3,4)5)101-92(95)85-83-81-79-77-75-73-71-69-67-65-63-61-59-57-55-53-51-49-47-45-43-41-39-37-35-33-31-29-27-25-23-21-19-17-15-13-11-9-7-2/h9,11,15,17,21,23,27,29,33,35,39,41,45,47,51,53,90H,6-8,10,12-14,16,18-20,22,24-26,28,30-32,34,36-38,40,42-44,46,48-50,52,54-89H2,1-5H3/p+1/b11-9-,17-15-,23-21-,29-27-,35-33-,41-39-,47-45-,53-51-. The highest BCUT2D eigenvalue weighted by Crippen LogP contribution is 2.43. The van der Waals surface area contributed by atoms with Gasteiger partial charge in [0.25, 0.3) is 0 Å². The number of likely N-dealkylation sites (N-methyl/N-ethyl adjacent to an activating group) is 1. The molecule has 0 saturated carbocycles. The van der Waals surface area contributed by atoms with Crippen LogP contribution in [0.5, 0.6) is 0 Å². The molecule has 0 rings (SSSR count). The zero-order valence-corrected chi connectivity index (χ0v) is 69.0. The van der Waals surface area contributed by atoms with Gasteiger partial charge in [-0.05, 0) is 77.0 Å². The van der Waals surface area contributed by atoms with Crippen LogP contribution in [0.2, 0.25) is 0 Å². The molecule has 2 unspecified atom stereocenters. The number of allylic oxidation sites excluding steroid dienone is 16. The number of quaternary nitrogens is 1. The molecule has 0 saturated heterocycles. The van der Waals surface area contributed by atoms with E-state index in [0.29, 0.717) is 23.9 Å². The second-order valence-electron chi connectivity index (χ2n) is 30.9. The fraction of sp³-hybridized carbons (Fsp3) is 0.804. The quantitative estimate of drug-likeness (QED) is 0.0211. The van der Waals surface area contributed by atoms with E-state index in [9.17, 15) is 19.0 Å². The molecule has 0 aliphatic carbocycles. The van der Waals surface area contributed by atoms with Crippen LogP contribution in [0.3, 0.4) is 0 Å². The summed E-state index contributed by atoms with van der Waals surface area (Å²) < 4.78 is 34.9. The van der Waals surface area contributed by atoms with E-state index >= 15 is 0 Å². The molecule has 102 heavy (non-hydrogen) atoms. The highest BCUT2D eigenvalue weighted by atomic mass is 31.2. The lowest BCUT2D eigenvalue weighted by Crippen LogP contribution is -2.37. The Morgan fingerprint density at radius 2 is 0.559 bits per heavy atom. The Bertz CT molecular complexity index is 2050. The van der Waals surface area contributed by atoms with Gasteiger partial charge in [-0.1, -0.05) is 432 Å². The summed E-state index contributed by atoms with van der Waals surface area (Å²) in [4.78, 5) is 36.1. The molecular formula is C92H169NO8P+. The minimum atomic E-state index is -4.40. The Hall–Kier alpha value is -3.07. The Morgan fingerprint density at radius 3 is 0.833 bits per heavy atom. The normalized spacial score (nSPS) is 13.4. The maximum atomic E-state index is 12.9. The van der Waals surface area contributed by atoms with E-state index in [4.69, 9.17) is 18.5 Å². The van der Waals surface area contributed by atoms with Crippen molar-refractivity contribution in [1.29, 1.82) is 0 Å². The van der Waals surface area contributed by atoms with E-state index in [2.05, 4.69) is 111 Å². The highest BCUT2D eigenvalue weighted by molar-refractivity contribution is 7.47. The minimum absolute atomic E-state index is 0.0311. The van der Waals surface area contributed by atoms with Gasteiger partial charge in [-0.25, -0.2) is 4.57 Å². The fourth-order valence-electron chi connectivity index (χ4n) is 13.0. The Balaban J connectivity index is 3.90. The number of nitrogens with zero attached hydrogens (tertiary/aromatic N) is 1. The van der Waals surface area contributed by atoms with E-state index in [0.717, 1.165) is 89.9 Å². The molecule has 1 N–H and O–H groups in total. The zero-order chi connectivity index (χ0) is 74.0. The predicted molar refractivity (Wildman–Crippen MR) is 445 cm³/mol. The van der Waals surface area contributed by atoms with Crippen LogP contribution in [0.1, 0.15) is 425 Å². The van der Waals surface area contributed by atoms with Gasteiger partial charge >= 0.3 is 19.8 Å². The van der Waals surface area contributed by atoms with Crippen LogP contribution in [-0.2, 0) is 32.7 Å². The number of carbonyl (C=O) groups excluding carboxylic acids is 2. The smallest absolute Gasteiger partial charge is 0.462 e. The number of carbonyl (C=O) groups is 2. The molecule has 0 aromatic heterocycles. The van der Waals surface area contributed by atoms with Crippen LogP contribution in [0.4, 0.5) is 0 Å². The van der Waals surface area contributed by atoms with Crippen molar-refractivity contribution < 1.29 is 42.1 Å². The van der Waals surface area contributed by atoms with Crippen molar-refractivity contribution in [2.45, 2.75) is 431 Å². The lowest BCUT2D eigenvalue weighted by atomic mass is 10.0. The average molecular weight is 1450 g/mol. The Labute approximate surface area is 634 Å². The van der Waals surface area contributed by atoms with Crippen molar-refractivity contribution in [3.63, 3.8) is 0 Å². The van der Waals surface area contributed by atoms with Crippen LogP contribution >= 0.6 is 7.82 Å². The first-order valence-electron chi connectivity index (χ1n) is 44.0. The molecule has 0 aromatic carbocycles. The van der Waals surface area contributed by atoms with Crippen LogP contribution in [0.25, 0.3) is 0 Å². The minimum Gasteiger partial charge on any atom is -0.462 e. The Morgan fingerprint density at radius 1 is 0.314 bits per heavy atom. The molecule has 594 valence electrons. The molecule has 0 aromatic rings. The summed E-state index contributed by atoms with van der Waals surface area (Å²) in [6, 6.07) is 0. The summed E-state index contributed by atoms with van der Waals surface area (Å²) in [5.74, 6) is -0.780. The van der Waals surface area contributed by atoms with Gasteiger partial charge in [0.05, 0.1) is 27.7 Å². The molecule has 9 nitrogen and oxygen atoms in total. The predicted octanol–water partition coefficient (Wildman–Crippen LogP) is 29.7. The third kappa shape index (κ3) is 85.9. The van der Waals surface area contributed by atoms with Gasteiger partial charge in [0, 0.05) is 12.8 Å². The van der Waals surface area contributed by atoms with Crippen molar-refractivity contribution in [3.05, 3.63) is 97.2 Å². The van der Waals surface area contributed by atoms with E-state index in [1.54, 1.807) is 0 Å². The molecule has 10 heteroatoms. The van der Waals surface area contributed by atoms with Gasteiger partial charge in [0.15, 0.2) is 6.10 Å². The van der Waals surface area contributed by atoms with Crippen LogP contribution in [0, 0.1) is 0 Å². The van der Waals surface area contributed by atoms with Gasteiger partial charge in [0.2, 0.25) is 0 Å². The fourth-order valence-corrected chi connectivity index (χ4v) is 13.7. The largest absolute Gasteiger partial charge is 0.472 e.